The zero-order valence-electron chi connectivity index (χ0n) is 14.2. The van der Waals surface area contributed by atoms with Gasteiger partial charge in [0.2, 0.25) is 0 Å². The van der Waals surface area contributed by atoms with E-state index in [4.69, 9.17) is 4.74 Å². The van der Waals surface area contributed by atoms with Gasteiger partial charge in [0.15, 0.2) is 11.5 Å². The number of hydrogen-bond donors (Lipinski definition) is 3. The van der Waals surface area contributed by atoms with Gasteiger partial charge in [-0.3, -0.25) is 4.79 Å². The third-order valence-electron chi connectivity index (χ3n) is 3.58. The monoisotopic (exact) mass is 405 g/mol. The summed E-state index contributed by atoms with van der Waals surface area (Å²) in [5.41, 5.74) is 4.82. The Morgan fingerprint density at radius 2 is 2.08 bits per heavy atom. The maximum absolute atomic E-state index is 12.1. The molecule has 2 aromatic carbocycles. The van der Waals surface area contributed by atoms with Gasteiger partial charge in [0.05, 0.1) is 13.3 Å². The van der Waals surface area contributed by atoms with Crippen molar-refractivity contribution in [1.82, 2.24) is 5.43 Å². The largest absolute Gasteiger partial charge is 0.504 e. The number of rotatable bonds is 6. The van der Waals surface area contributed by atoms with Gasteiger partial charge in [-0.1, -0.05) is 34.1 Å². The van der Waals surface area contributed by atoms with Gasteiger partial charge in [-0.25, -0.2) is 5.43 Å². The average Bonchev–Trinajstić information content (AvgIpc) is 2.59. The topological polar surface area (TPSA) is 83.0 Å². The molecule has 2 rings (SSSR count). The fourth-order valence-corrected chi connectivity index (χ4v) is 2.60. The Morgan fingerprint density at radius 1 is 1.36 bits per heavy atom. The highest BCUT2D eigenvalue weighted by molar-refractivity contribution is 9.10. The number of aromatic hydroxyl groups is 1. The molecule has 0 aliphatic heterocycles. The number of nitrogens with one attached hydrogen (secondary N) is 2. The van der Waals surface area contributed by atoms with Crippen molar-refractivity contribution in [3.05, 3.63) is 52.0 Å². The minimum Gasteiger partial charge on any atom is -0.504 e. The third-order valence-corrected chi connectivity index (χ3v) is 4.04. The SMILES string of the molecule is COc1cc(Br)cc(/C=N\NC(=O)[C@@H](C)Nc2ccccc2C)c1O. The highest BCUT2D eigenvalue weighted by Gasteiger charge is 2.13. The molecule has 1 atom stereocenters. The van der Waals surface area contributed by atoms with Gasteiger partial charge in [0.1, 0.15) is 6.04 Å². The summed E-state index contributed by atoms with van der Waals surface area (Å²) in [4.78, 5) is 12.1. The summed E-state index contributed by atoms with van der Waals surface area (Å²) in [6.07, 6.45) is 1.36. The van der Waals surface area contributed by atoms with Crippen LogP contribution in [0.3, 0.4) is 0 Å². The number of ether oxygens (including phenoxy) is 1. The van der Waals surface area contributed by atoms with E-state index in [0.717, 1.165) is 15.7 Å². The summed E-state index contributed by atoms with van der Waals surface area (Å²) in [6.45, 7) is 3.71. The summed E-state index contributed by atoms with van der Waals surface area (Å²) in [7, 11) is 1.46. The second-order valence-electron chi connectivity index (χ2n) is 5.46. The van der Waals surface area contributed by atoms with Crippen molar-refractivity contribution in [2.24, 2.45) is 5.10 Å². The normalized spacial score (nSPS) is 12.0. The molecule has 7 heteroatoms. The van der Waals surface area contributed by atoms with Crippen LogP contribution in [0.15, 0.2) is 46.0 Å². The Morgan fingerprint density at radius 3 is 2.76 bits per heavy atom. The minimum absolute atomic E-state index is 0.0465. The first-order valence-corrected chi connectivity index (χ1v) is 8.43. The smallest absolute Gasteiger partial charge is 0.262 e. The van der Waals surface area contributed by atoms with Crippen molar-refractivity contribution in [1.29, 1.82) is 0 Å². The van der Waals surface area contributed by atoms with Crippen LogP contribution >= 0.6 is 15.9 Å². The summed E-state index contributed by atoms with van der Waals surface area (Å²) < 4.78 is 5.80. The molecule has 0 saturated heterocycles. The molecule has 0 heterocycles. The Kier molecular flexibility index (Phi) is 6.41. The Bertz CT molecular complexity index is 793. The van der Waals surface area contributed by atoms with Gasteiger partial charge in [0.25, 0.3) is 5.91 Å². The molecule has 0 aliphatic rings. The lowest BCUT2D eigenvalue weighted by atomic mass is 10.2. The van der Waals surface area contributed by atoms with Crippen LogP contribution in [0.2, 0.25) is 0 Å². The number of nitrogens with zero attached hydrogens (tertiary/aromatic N) is 1. The molecule has 0 spiro atoms. The molecule has 0 saturated carbocycles. The zero-order valence-corrected chi connectivity index (χ0v) is 15.8. The van der Waals surface area contributed by atoms with Gasteiger partial charge in [-0.05, 0) is 37.6 Å². The van der Waals surface area contributed by atoms with Crippen LogP contribution in [0.4, 0.5) is 5.69 Å². The fraction of sp³-hybridized carbons (Fsp3) is 0.222. The minimum atomic E-state index is -0.469. The molecule has 0 radical (unpaired) electrons. The van der Waals surface area contributed by atoms with Crippen LogP contribution in [0.5, 0.6) is 11.5 Å². The Balaban J connectivity index is 2.01. The standard InChI is InChI=1S/C18H20BrN3O3/c1-11-6-4-5-7-15(11)21-12(2)18(24)22-20-10-13-8-14(19)9-16(25-3)17(13)23/h4-10,12,21,23H,1-3H3,(H,22,24)/b20-10-/t12-/m1/s1. The van der Waals surface area contributed by atoms with Crippen molar-refractivity contribution < 1.29 is 14.6 Å². The number of carbonyl (C=O) groups excluding carboxylic acids is 1. The van der Waals surface area contributed by atoms with Crippen molar-refractivity contribution >= 4 is 33.7 Å². The lowest BCUT2D eigenvalue weighted by Gasteiger charge is -2.15. The number of halogens is 1. The first kappa shape index (κ1) is 18.8. The molecule has 0 aromatic heterocycles. The number of aryl methyl sites for hydroxylation is 1. The molecule has 0 fully saturated rings. The number of hydrogen-bond acceptors (Lipinski definition) is 5. The molecule has 2 aromatic rings. The molecule has 3 N–H and O–H groups in total. The second-order valence-corrected chi connectivity index (χ2v) is 6.38. The van der Waals surface area contributed by atoms with Crippen LogP contribution in [-0.2, 0) is 4.79 Å². The van der Waals surface area contributed by atoms with E-state index in [0.29, 0.717) is 11.3 Å². The van der Waals surface area contributed by atoms with Gasteiger partial charge in [0, 0.05) is 15.7 Å². The molecule has 1 amide bonds. The van der Waals surface area contributed by atoms with E-state index < -0.39 is 6.04 Å². The number of para-hydroxylation sites is 1. The Labute approximate surface area is 155 Å². The van der Waals surface area contributed by atoms with E-state index in [2.05, 4.69) is 31.8 Å². The molecule has 132 valence electrons. The van der Waals surface area contributed by atoms with Crippen LogP contribution in [0, 0.1) is 6.92 Å². The number of carbonyl (C=O) groups is 1. The molecular weight excluding hydrogens is 386 g/mol. The van der Waals surface area contributed by atoms with Crippen molar-refractivity contribution in [3.8, 4) is 11.5 Å². The van der Waals surface area contributed by atoms with Gasteiger partial charge in [-0.2, -0.15) is 5.10 Å². The van der Waals surface area contributed by atoms with Crippen molar-refractivity contribution in [2.75, 3.05) is 12.4 Å². The molecule has 0 aliphatic carbocycles. The maximum atomic E-state index is 12.1. The molecule has 6 nitrogen and oxygen atoms in total. The number of phenols is 1. The zero-order chi connectivity index (χ0) is 18.4. The van der Waals surface area contributed by atoms with Crippen molar-refractivity contribution in [2.45, 2.75) is 19.9 Å². The first-order chi connectivity index (χ1) is 11.9. The van der Waals surface area contributed by atoms with Gasteiger partial charge < -0.3 is 15.2 Å². The molecule has 25 heavy (non-hydrogen) atoms. The van der Waals surface area contributed by atoms with Crippen LogP contribution in [0.1, 0.15) is 18.1 Å². The molecular formula is C18H20BrN3O3. The van der Waals surface area contributed by atoms with E-state index >= 15 is 0 Å². The van der Waals surface area contributed by atoms with Gasteiger partial charge in [-0.15, -0.1) is 0 Å². The van der Waals surface area contributed by atoms with Crippen LogP contribution < -0.4 is 15.5 Å². The number of benzene rings is 2. The third kappa shape index (κ3) is 4.96. The second kappa shape index (κ2) is 8.53. The lowest BCUT2D eigenvalue weighted by molar-refractivity contribution is -0.121. The summed E-state index contributed by atoms with van der Waals surface area (Å²) in [5, 5.41) is 17.1. The van der Waals surface area contributed by atoms with E-state index in [1.54, 1.807) is 19.1 Å². The van der Waals surface area contributed by atoms with E-state index in [9.17, 15) is 9.90 Å². The number of methoxy groups -OCH3 is 1. The lowest BCUT2D eigenvalue weighted by Crippen LogP contribution is -2.35. The van der Waals surface area contributed by atoms with Gasteiger partial charge >= 0.3 is 0 Å². The number of phenolic OH excluding ortho intramolecular Hbond substituents is 1. The highest BCUT2D eigenvalue weighted by Crippen LogP contribution is 2.32. The van der Waals surface area contributed by atoms with E-state index in [1.807, 2.05) is 31.2 Å². The number of amides is 1. The van der Waals surface area contributed by atoms with E-state index in [1.165, 1.54) is 13.3 Å². The maximum Gasteiger partial charge on any atom is 0.262 e. The highest BCUT2D eigenvalue weighted by atomic mass is 79.9. The van der Waals surface area contributed by atoms with Crippen molar-refractivity contribution in [3.63, 3.8) is 0 Å². The summed E-state index contributed by atoms with van der Waals surface area (Å²) in [5.74, 6) is -0.0209. The predicted molar refractivity (Wildman–Crippen MR) is 102 cm³/mol. The molecule has 0 bridgehead atoms. The number of anilines is 1. The quantitative estimate of drug-likeness (QED) is 0.507. The van der Waals surface area contributed by atoms with Crippen LogP contribution in [-0.4, -0.2) is 30.4 Å². The summed E-state index contributed by atoms with van der Waals surface area (Å²) >= 11 is 3.33. The fourth-order valence-electron chi connectivity index (χ4n) is 2.14. The number of hydrazone groups is 1. The summed E-state index contributed by atoms with van der Waals surface area (Å²) in [6, 6.07) is 10.6. The predicted octanol–water partition coefficient (Wildman–Crippen LogP) is 3.42. The average molecular weight is 406 g/mol. The first-order valence-electron chi connectivity index (χ1n) is 7.64. The van der Waals surface area contributed by atoms with Crippen LogP contribution in [0.25, 0.3) is 0 Å². The Hall–Kier alpha value is -2.54. The van der Waals surface area contributed by atoms with E-state index in [-0.39, 0.29) is 11.7 Å². The molecule has 0 unspecified atom stereocenters.